The Kier molecular flexibility index (Phi) is 8.97. The first kappa shape index (κ1) is 32.5. The van der Waals surface area contributed by atoms with Gasteiger partial charge in [-0.2, -0.15) is 9.46 Å². The summed E-state index contributed by atoms with van der Waals surface area (Å²) in [7, 11) is -0.843. The van der Waals surface area contributed by atoms with Crippen molar-refractivity contribution in [3.05, 3.63) is 83.9 Å². The van der Waals surface area contributed by atoms with Crippen LogP contribution in [0.25, 0.3) is 43.9 Å². The Morgan fingerprint density at radius 1 is 1.13 bits per heavy atom. The standard InChI is InChI=1S/C34H33F2N5O4S2/c1-6-29(42)40-19-24-17-27(38-41(24)18-20(40)2)33-31(30-26(36)15-22(35)16-28(30)45-13-12-44-3)34-25(11-14-46-34)32(37-33)21-7-9-23(10-8-21)39-47(4,5)43/h6-11,14-17,20H,1,12-13,18-19H2,2-5H3/t20-/m1/s1. The molecular weight excluding hydrogens is 645 g/mol. The zero-order valence-electron chi connectivity index (χ0n) is 26.3. The number of carbonyl (C=O) groups is 1. The molecule has 0 bridgehead atoms. The van der Waals surface area contributed by atoms with Gasteiger partial charge in [-0.05, 0) is 42.6 Å². The third-order valence-electron chi connectivity index (χ3n) is 7.75. The average Bonchev–Trinajstić information content (AvgIpc) is 3.67. The number of amides is 1. The fourth-order valence-corrected chi connectivity index (χ4v) is 7.26. The molecule has 0 aliphatic carbocycles. The van der Waals surface area contributed by atoms with E-state index >= 15 is 4.39 Å². The maximum Gasteiger partial charge on any atom is 0.246 e. The number of hydrogen-bond donors (Lipinski definition) is 0. The van der Waals surface area contributed by atoms with E-state index in [1.807, 2.05) is 41.3 Å². The molecule has 0 saturated heterocycles. The lowest BCUT2D eigenvalue weighted by Gasteiger charge is -2.33. The van der Waals surface area contributed by atoms with E-state index in [1.54, 1.807) is 29.5 Å². The normalized spacial score (nSPS) is 14.7. The molecule has 1 amide bonds. The Morgan fingerprint density at radius 2 is 1.89 bits per heavy atom. The van der Waals surface area contributed by atoms with Gasteiger partial charge in [0.05, 0.1) is 42.3 Å². The van der Waals surface area contributed by atoms with Gasteiger partial charge in [-0.25, -0.2) is 18.0 Å². The zero-order valence-corrected chi connectivity index (χ0v) is 28.0. The predicted octanol–water partition coefficient (Wildman–Crippen LogP) is 7.07. The van der Waals surface area contributed by atoms with E-state index in [0.717, 1.165) is 28.8 Å². The van der Waals surface area contributed by atoms with Gasteiger partial charge in [0.2, 0.25) is 5.91 Å². The van der Waals surface area contributed by atoms with Gasteiger partial charge in [-0.1, -0.05) is 18.7 Å². The molecular formula is C34H33F2N5O4S2. The van der Waals surface area contributed by atoms with Gasteiger partial charge in [0, 0.05) is 68.7 Å². The van der Waals surface area contributed by atoms with Crippen LogP contribution in [0.1, 0.15) is 12.6 Å². The van der Waals surface area contributed by atoms with E-state index in [4.69, 9.17) is 19.6 Å². The van der Waals surface area contributed by atoms with E-state index in [9.17, 15) is 13.4 Å². The number of rotatable bonds is 9. The summed E-state index contributed by atoms with van der Waals surface area (Å²) in [5.74, 6) is -1.76. The molecule has 0 saturated carbocycles. The Bertz CT molecular complexity index is 2130. The quantitative estimate of drug-likeness (QED) is 0.122. The molecule has 2 aromatic carbocycles. The van der Waals surface area contributed by atoms with Crippen molar-refractivity contribution in [3.8, 4) is 39.5 Å². The molecule has 0 fully saturated rings. The summed E-state index contributed by atoms with van der Waals surface area (Å²) in [4.78, 5) is 19.4. The van der Waals surface area contributed by atoms with Crippen molar-refractivity contribution in [1.29, 1.82) is 0 Å². The van der Waals surface area contributed by atoms with Crippen molar-refractivity contribution in [3.63, 3.8) is 0 Å². The lowest BCUT2D eigenvalue weighted by atomic mass is 9.96. The smallest absolute Gasteiger partial charge is 0.246 e. The van der Waals surface area contributed by atoms with Crippen LogP contribution in [-0.2, 0) is 32.3 Å². The SMILES string of the molecule is C=CC(=O)N1Cc2cc(-c3nc(-c4ccc(N=S(C)(C)=O)cc4)c4ccsc4c3-c3c(F)cc(F)cc3OCCOC)nn2C[C@H]1C. The first-order valence-electron chi connectivity index (χ1n) is 14.8. The fourth-order valence-electron chi connectivity index (χ4n) is 5.69. The number of fused-ring (bicyclic) bond motifs is 2. The molecule has 1 aliphatic rings. The first-order valence-corrected chi connectivity index (χ1v) is 18.0. The highest BCUT2D eigenvalue weighted by atomic mass is 32.2. The summed E-state index contributed by atoms with van der Waals surface area (Å²) in [5.41, 5.74) is 4.02. The Balaban J connectivity index is 1.61. The number of pyridine rings is 1. The summed E-state index contributed by atoms with van der Waals surface area (Å²) < 4.78 is 60.7. The van der Waals surface area contributed by atoms with Gasteiger partial charge in [0.15, 0.2) is 0 Å². The van der Waals surface area contributed by atoms with E-state index in [2.05, 4.69) is 10.9 Å². The molecule has 0 N–H and O–H groups in total. The zero-order chi connectivity index (χ0) is 33.5. The van der Waals surface area contributed by atoms with Crippen LogP contribution in [0.4, 0.5) is 14.5 Å². The summed E-state index contributed by atoms with van der Waals surface area (Å²) >= 11 is 1.39. The summed E-state index contributed by atoms with van der Waals surface area (Å²) in [6.45, 7) is 6.61. The molecule has 1 aliphatic heterocycles. The number of hydrogen-bond acceptors (Lipinski definition) is 8. The highest BCUT2D eigenvalue weighted by Gasteiger charge is 2.30. The number of ether oxygens (including phenoxy) is 2. The van der Waals surface area contributed by atoms with Crippen molar-refractivity contribution in [2.45, 2.75) is 26.1 Å². The molecule has 6 rings (SSSR count). The average molecular weight is 678 g/mol. The Morgan fingerprint density at radius 3 is 2.60 bits per heavy atom. The minimum absolute atomic E-state index is 0.0130. The molecule has 1 atom stereocenters. The van der Waals surface area contributed by atoms with Crippen LogP contribution >= 0.6 is 11.3 Å². The number of thiophene rings is 1. The molecule has 9 nitrogen and oxygen atoms in total. The van der Waals surface area contributed by atoms with Crippen LogP contribution < -0.4 is 4.74 Å². The van der Waals surface area contributed by atoms with Crippen LogP contribution in [0.5, 0.6) is 5.75 Å². The third kappa shape index (κ3) is 6.55. The van der Waals surface area contributed by atoms with Crippen molar-refractivity contribution in [1.82, 2.24) is 19.7 Å². The molecule has 0 spiro atoms. The topological polar surface area (TPSA) is 98.9 Å². The van der Waals surface area contributed by atoms with Crippen molar-refractivity contribution in [2.24, 2.45) is 4.36 Å². The van der Waals surface area contributed by atoms with Crippen molar-refractivity contribution >= 4 is 42.7 Å². The van der Waals surface area contributed by atoms with Crippen LogP contribution in [0.3, 0.4) is 0 Å². The van der Waals surface area contributed by atoms with Gasteiger partial charge in [0.1, 0.15) is 35.4 Å². The molecule has 3 aromatic heterocycles. The number of aromatic nitrogens is 3. The summed E-state index contributed by atoms with van der Waals surface area (Å²) in [6.07, 6.45) is 4.43. The van der Waals surface area contributed by atoms with Gasteiger partial charge < -0.3 is 14.4 Å². The summed E-state index contributed by atoms with van der Waals surface area (Å²) in [6, 6.07) is 12.9. The molecule has 13 heteroatoms. The van der Waals surface area contributed by atoms with Gasteiger partial charge in [0.25, 0.3) is 0 Å². The maximum absolute atomic E-state index is 16.0. The number of methoxy groups -OCH3 is 1. The summed E-state index contributed by atoms with van der Waals surface area (Å²) in [5, 5.41) is 7.54. The van der Waals surface area contributed by atoms with Gasteiger partial charge in [-0.3, -0.25) is 9.48 Å². The van der Waals surface area contributed by atoms with Crippen LogP contribution in [-0.4, -0.2) is 68.7 Å². The molecule has 5 aromatic rings. The lowest BCUT2D eigenvalue weighted by Crippen LogP contribution is -2.44. The molecule has 0 radical (unpaired) electrons. The van der Waals surface area contributed by atoms with Crippen molar-refractivity contribution < 1.29 is 27.3 Å². The highest BCUT2D eigenvalue weighted by Crippen LogP contribution is 2.47. The van der Waals surface area contributed by atoms with Crippen LogP contribution in [0.2, 0.25) is 0 Å². The van der Waals surface area contributed by atoms with E-state index in [0.29, 0.717) is 46.1 Å². The number of carbonyl (C=O) groups excluding carboxylic acids is 1. The Hall–Kier alpha value is -4.46. The fraction of sp³-hybridized carbons (Fsp3) is 0.265. The Labute approximate surface area is 275 Å². The third-order valence-corrected chi connectivity index (χ3v) is 9.34. The molecule has 0 unspecified atom stereocenters. The van der Waals surface area contributed by atoms with E-state index in [1.165, 1.54) is 24.5 Å². The second-order valence-electron chi connectivity index (χ2n) is 11.5. The minimum atomic E-state index is -2.36. The van der Waals surface area contributed by atoms with E-state index in [-0.39, 0.29) is 36.5 Å². The van der Waals surface area contributed by atoms with Crippen LogP contribution in [0.15, 0.2) is 70.9 Å². The largest absolute Gasteiger partial charge is 0.490 e. The van der Waals surface area contributed by atoms with E-state index < -0.39 is 21.4 Å². The second-order valence-corrected chi connectivity index (χ2v) is 15.0. The first-order chi connectivity index (χ1) is 22.5. The highest BCUT2D eigenvalue weighted by molar-refractivity contribution is 7.92. The van der Waals surface area contributed by atoms with Crippen molar-refractivity contribution in [2.75, 3.05) is 32.8 Å². The second kappa shape index (κ2) is 13.0. The minimum Gasteiger partial charge on any atom is -0.490 e. The predicted molar refractivity (Wildman–Crippen MR) is 181 cm³/mol. The lowest BCUT2D eigenvalue weighted by molar-refractivity contribution is -0.129. The number of halogens is 2. The monoisotopic (exact) mass is 677 g/mol. The number of benzene rings is 2. The molecule has 244 valence electrons. The maximum atomic E-state index is 16.0. The van der Waals surface area contributed by atoms with Gasteiger partial charge >= 0.3 is 0 Å². The number of nitrogens with zero attached hydrogens (tertiary/aromatic N) is 5. The molecule has 4 heterocycles. The molecule has 47 heavy (non-hydrogen) atoms. The van der Waals surface area contributed by atoms with Gasteiger partial charge in [-0.15, -0.1) is 11.3 Å². The van der Waals surface area contributed by atoms with Crippen LogP contribution in [0, 0.1) is 11.6 Å².